The molecule has 1 atom stereocenters. The first-order chi connectivity index (χ1) is 11.5. The Balaban J connectivity index is 2.01. The summed E-state index contributed by atoms with van der Waals surface area (Å²) in [5.74, 6) is 1.17. The summed E-state index contributed by atoms with van der Waals surface area (Å²) in [5, 5.41) is 3.03. The maximum atomic E-state index is 12.8. The van der Waals surface area contributed by atoms with Gasteiger partial charge in [0.05, 0.1) is 6.61 Å². The van der Waals surface area contributed by atoms with Crippen molar-refractivity contribution in [2.24, 2.45) is 5.92 Å². The minimum atomic E-state index is -0.722. The summed E-state index contributed by atoms with van der Waals surface area (Å²) >= 11 is 0. The lowest BCUT2D eigenvalue weighted by Crippen LogP contribution is -2.45. The molecule has 1 saturated carbocycles. The Morgan fingerprint density at radius 2 is 2.00 bits per heavy atom. The Bertz CT molecular complexity index is 554. The van der Waals surface area contributed by atoms with Gasteiger partial charge in [-0.1, -0.05) is 20.3 Å². The highest BCUT2D eigenvalue weighted by atomic mass is 16.5. The van der Waals surface area contributed by atoms with E-state index in [1.807, 2.05) is 32.0 Å². The highest BCUT2D eigenvalue weighted by molar-refractivity contribution is 5.97. The Hall–Kier alpha value is -1.55. The van der Waals surface area contributed by atoms with Gasteiger partial charge in [0.15, 0.2) is 0 Å². The van der Waals surface area contributed by atoms with E-state index in [0.29, 0.717) is 12.5 Å². The molecule has 4 nitrogen and oxygen atoms in total. The first kappa shape index (κ1) is 18.8. The standard InChI is InChI=1S/C20H31NO3/c1-5-7-13-23-18-11-10-17(14-15(18)3)21-19(22)20(4,16-8-9-16)24-12-6-2/h10-11,14,16H,5-9,12-13H2,1-4H3,(H,21,22)/t20-/m0/s1. The first-order valence-electron chi connectivity index (χ1n) is 9.20. The monoisotopic (exact) mass is 333 g/mol. The maximum Gasteiger partial charge on any atom is 0.256 e. The summed E-state index contributed by atoms with van der Waals surface area (Å²) in [6.07, 6.45) is 5.21. The van der Waals surface area contributed by atoms with E-state index in [1.165, 1.54) is 0 Å². The highest BCUT2D eigenvalue weighted by Gasteiger charge is 2.48. The number of aryl methyl sites for hydroxylation is 1. The van der Waals surface area contributed by atoms with Crippen LogP contribution < -0.4 is 10.1 Å². The second kappa shape index (κ2) is 8.52. The molecular weight excluding hydrogens is 302 g/mol. The Kier molecular flexibility index (Phi) is 6.67. The van der Waals surface area contributed by atoms with Crippen molar-refractivity contribution >= 4 is 11.6 Å². The molecule has 1 aliphatic carbocycles. The number of nitrogens with one attached hydrogen (secondary N) is 1. The molecule has 0 aliphatic heterocycles. The van der Waals surface area contributed by atoms with Crippen LogP contribution in [0.2, 0.25) is 0 Å². The van der Waals surface area contributed by atoms with Crippen molar-refractivity contribution in [1.82, 2.24) is 0 Å². The lowest BCUT2D eigenvalue weighted by atomic mass is 9.98. The average Bonchev–Trinajstić information content (AvgIpc) is 3.40. The molecule has 24 heavy (non-hydrogen) atoms. The van der Waals surface area contributed by atoms with Crippen LogP contribution in [0.5, 0.6) is 5.75 Å². The number of benzene rings is 1. The minimum absolute atomic E-state index is 0.0440. The number of unbranched alkanes of at least 4 members (excludes halogenated alkanes) is 1. The normalized spacial score (nSPS) is 16.5. The van der Waals surface area contributed by atoms with Crippen LogP contribution in [-0.4, -0.2) is 24.7 Å². The van der Waals surface area contributed by atoms with Crippen LogP contribution in [0.15, 0.2) is 18.2 Å². The number of anilines is 1. The number of carbonyl (C=O) groups excluding carboxylic acids is 1. The van der Waals surface area contributed by atoms with Crippen LogP contribution in [0.25, 0.3) is 0 Å². The van der Waals surface area contributed by atoms with Crippen LogP contribution in [0.4, 0.5) is 5.69 Å². The third kappa shape index (κ3) is 4.73. The molecule has 0 radical (unpaired) electrons. The van der Waals surface area contributed by atoms with Gasteiger partial charge in [-0.25, -0.2) is 0 Å². The smallest absolute Gasteiger partial charge is 0.256 e. The van der Waals surface area contributed by atoms with E-state index in [0.717, 1.165) is 55.7 Å². The second-order valence-electron chi connectivity index (χ2n) is 6.87. The molecule has 4 heteroatoms. The fourth-order valence-corrected chi connectivity index (χ4v) is 2.79. The molecule has 1 N–H and O–H groups in total. The summed E-state index contributed by atoms with van der Waals surface area (Å²) in [6, 6.07) is 5.80. The van der Waals surface area contributed by atoms with Crippen molar-refractivity contribution < 1.29 is 14.3 Å². The molecule has 1 aromatic carbocycles. The topological polar surface area (TPSA) is 47.6 Å². The van der Waals surface area contributed by atoms with Gasteiger partial charge in [-0.2, -0.15) is 0 Å². The van der Waals surface area contributed by atoms with Crippen molar-refractivity contribution in [3.8, 4) is 5.75 Å². The molecule has 1 fully saturated rings. The number of ether oxygens (including phenoxy) is 2. The number of hydrogen-bond donors (Lipinski definition) is 1. The molecule has 1 amide bonds. The zero-order valence-corrected chi connectivity index (χ0v) is 15.5. The predicted molar refractivity (Wildman–Crippen MR) is 97.6 cm³/mol. The average molecular weight is 333 g/mol. The Morgan fingerprint density at radius 3 is 2.58 bits per heavy atom. The Morgan fingerprint density at radius 1 is 1.25 bits per heavy atom. The van der Waals surface area contributed by atoms with Crippen molar-refractivity contribution in [2.45, 2.75) is 65.4 Å². The van der Waals surface area contributed by atoms with Gasteiger partial charge in [0, 0.05) is 12.3 Å². The highest BCUT2D eigenvalue weighted by Crippen LogP contribution is 2.42. The van der Waals surface area contributed by atoms with Gasteiger partial charge in [0.25, 0.3) is 5.91 Å². The first-order valence-corrected chi connectivity index (χ1v) is 9.20. The zero-order valence-electron chi connectivity index (χ0n) is 15.5. The number of rotatable bonds is 10. The fourth-order valence-electron chi connectivity index (χ4n) is 2.79. The third-order valence-electron chi connectivity index (χ3n) is 4.60. The lowest BCUT2D eigenvalue weighted by Gasteiger charge is -2.28. The van der Waals surface area contributed by atoms with Gasteiger partial charge in [-0.05, 0) is 69.2 Å². The molecule has 0 bridgehead atoms. The van der Waals surface area contributed by atoms with Crippen molar-refractivity contribution in [3.05, 3.63) is 23.8 Å². The van der Waals surface area contributed by atoms with Gasteiger partial charge < -0.3 is 14.8 Å². The molecule has 0 aromatic heterocycles. The van der Waals surface area contributed by atoms with Gasteiger partial charge >= 0.3 is 0 Å². The predicted octanol–water partition coefficient (Wildman–Crippen LogP) is 4.71. The molecule has 0 spiro atoms. The van der Waals surface area contributed by atoms with Gasteiger partial charge in [0.1, 0.15) is 11.4 Å². The molecule has 2 rings (SSSR count). The number of amides is 1. The number of carbonyl (C=O) groups is 1. The largest absolute Gasteiger partial charge is 0.493 e. The summed E-state index contributed by atoms with van der Waals surface area (Å²) in [6.45, 7) is 9.48. The second-order valence-corrected chi connectivity index (χ2v) is 6.87. The molecule has 1 aromatic rings. The van der Waals surface area contributed by atoms with E-state index in [-0.39, 0.29) is 5.91 Å². The molecule has 0 saturated heterocycles. The summed E-state index contributed by atoms with van der Waals surface area (Å²) in [7, 11) is 0. The van der Waals surface area contributed by atoms with E-state index in [4.69, 9.17) is 9.47 Å². The molecular formula is C20H31NO3. The van der Waals surface area contributed by atoms with E-state index in [9.17, 15) is 4.79 Å². The van der Waals surface area contributed by atoms with Crippen LogP contribution in [0.3, 0.4) is 0 Å². The molecule has 1 aliphatic rings. The molecule has 0 unspecified atom stereocenters. The van der Waals surface area contributed by atoms with E-state index in [1.54, 1.807) is 0 Å². The van der Waals surface area contributed by atoms with Gasteiger partial charge in [0.2, 0.25) is 0 Å². The Labute approximate surface area is 145 Å². The summed E-state index contributed by atoms with van der Waals surface area (Å²) in [4.78, 5) is 12.8. The maximum absolute atomic E-state index is 12.8. The van der Waals surface area contributed by atoms with Gasteiger partial charge in [-0.15, -0.1) is 0 Å². The van der Waals surface area contributed by atoms with E-state index < -0.39 is 5.60 Å². The van der Waals surface area contributed by atoms with Gasteiger partial charge in [-0.3, -0.25) is 4.79 Å². The zero-order chi connectivity index (χ0) is 17.6. The lowest BCUT2D eigenvalue weighted by molar-refractivity contribution is -0.142. The minimum Gasteiger partial charge on any atom is -0.493 e. The third-order valence-corrected chi connectivity index (χ3v) is 4.60. The van der Waals surface area contributed by atoms with E-state index >= 15 is 0 Å². The van der Waals surface area contributed by atoms with E-state index in [2.05, 4.69) is 19.2 Å². The van der Waals surface area contributed by atoms with Crippen LogP contribution in [0.1, 0.15) is 58.4 Å². The molecule has 134 valence electrons. The van der Waals surface area contributed by atoms with Crippen molar-refractivity contribution in [2.75, 3.05) is 18.5 Å². The fraction of sp³-hybridized carbons (Fsp3) is 0.650. The molecule has 0 heterocycles. The van der Waals surface area contributed by atoms with Crippen LogP contribution in [-0.2, 0) is 9.53 Å². The quantitative estimate of drug-likeness (QED) is 0.631. The number of hydrogen-bond acceptors (Lipinski definition) is 3. The summed E-state index contributed by atoms with van der Waals surface area (Å²) in [5.41, 5.74) is 1.11. The van der Waals surface area contributed by atoms with Crippen LogP contribution in [0, 0.1) is 12.8 Å². The van der Waals surface area contributed by atoms with Crippen LogP contribution >= 0.6 is 0 Å². The summed E-state index contributed by atoms with van der Waals surface area (Å²) < 4.78 is 11.7. The SMILES string of the molecule is CCCCOc1ccc(NC(=O)[C@@](C)(OCCC)C2CC2)cc1C. The van der Waals surface area contributed by atoms with Crippen molar-refractivity contribution in [3.63, 3.8) is 0 Å². The van der Waals surface area contributed by atoms with Crippen molar-refractivity contribution in [1.29, 1.82) is 0 Å².